The first-order chi connectivity index (χ1) is 14.7. The van der Waals surface area contributed by atoms with Crippen molar-refractivity contribution in [2.75, 3.05) is 18.4 Å². The molecule has 1 atom stereocenters. The van der Waals surface area contributed by atoms with Gasteiger partial charge in [-0.15, -0.1) is 0 Å². The van der Waals surface area contributed by atoms with Crippen molar-refractivity contribution in [1.29, 1.82) is 0 Å². The Morgan fingerprint density at radius 3 is 2.77 bits per heavy atom. The second-order valence-corrected chi connectivity index (χ2v) is 9.31. The Kier molecular flexibility index (Phi) is 4.20. The number of hydrogen-bond donors (Lipinski definition) is 1. The van der Waals surface area contributed by atoms with Crippen LogP contribution >= 0.6 is 0 Å². The molecule has 3 aromatic rings. The van der Waals surface area contributed by atoms with Crippen LogP contribution < -0.4 is 5.32 Å². The summed E-state index contributed by atoms with van der Waals surface area (Å²) in [4.78, 5) is 14.9. The second kappa shape index (κ2) is 6.95. The number of benzene rings is 2. The molecule has 1 amide bonds. The fraction of sp³-hybridized carbons (Fsp3) is 0.440. The van der Waals surface area contributed by atoms with Crippen LogP contribution in [0, 0.1) is 5.92 Å². The molecule has 0 bridgehead atoms. The Morgan fingerprint density at radius 1 is 1.13 bits per heavy atom. The zero-order valence-corrected chi connectivity index (χ0v) is 17.5. The number of amides is 1. The lowest BCUT2D eigenvalue weighted by molar-refractivity contribution is 0.103. The van der Waals surface area contributed by atoms with E-state index in [0.717, 1.165) is 35.0 Å². The van der Waals surface area contributed by atoms with Gasteiger partial charge in [0, 0.05) is 48.4 Å². The summed E-state index contributed by atoms with van der Waals surface area (Å²) in [5, 5.41) is 9.92. The quantitative estimate of drug-likeness (QED) is 0.679. The molecular formula is C25H28N4O. The Bertz CT molecular complexity index is 1120. The lowest BCUT2D eigenvalue weighted by Gasteiger charge is -2.36. The summed E-state index contributed by atoms with van der Waals surface area (Å²) in [6, 6.07) is 11.5. The summed E-state index contributed by atoms with van der Waals surface area (Å²) < 4.78 is 2.19. The summed E-state index contributed by atoms with van der Waals surface area (Å²) >= 11 is 0. The van der Waals surface area contributed by atoms with Crippen molar-refractivity contribution < 1.29 is 4.79 Å². The number of likely N-dealkylation sites (tertiary alicyclic amines) is 1. The zero-order chi connectivity index (χ0) is 20.2. The first-order valence-electron chi connectivity index (χ1n) is 11.3. The topological polar surface area (TPSA) is 50.2 Å². The van der Waals surface area contributed by atoms with Crippen LogP contribution in [-0.4, -0.2) is 39.7 Å². The molecule has 5 nitrogen and oxygen atoms in total. The third kappa shape index (κ3) is 3.03. The van der Waals surface area contributed by atoms with Crippen molar-refractivity contribution in [3.8, 4) is 0 Å². The van der Waals surface area contributed by atoms with Gasteiger partial charge in [0.1, 0.15) is 0 Å². The van der Waals surface area contributed by atoms with Crippen LogP contribution in [0.15, 0.2) is 42.7 Å². The van der Waals surface area contributed by atoms with Gasteiger partial charge < -0.3 is 10.2 Å². The zero-order valence-electron chi connectivity index (χ0n) is 17.5. The summed E-state index contributed by atoms with van der Waals surface area (Å²) in [6.45, 7) is 4.78. The average molecular weight is 401 g/mol. The summed E-state index contributed by atoms with van der Waals surface area (Å²) in [7, 11) is 0. The van der Waals surface area contributed by atoms with Gasteiger partial charge in [-0.3, -0.25) is 9.48 Å². The van der Waals surface area contributed by atoms with Gasteiger partial charge >= 0.3 is 0 Å². The third-order valence-corrected chi connectivity index (χ3v) is 7.43. The van der Waals surface area contributed by atoms with Crippen molar-refractivity contribution in [2.24, 2.45) is 5.92 Å². The highest BCUT2D eigenvalue weighted by Crippen LogP contribution is 2.37. The van der Waals surface area contributed by atoms with E-state index in [4.69, 9.17) is 5.10 Å². The Morgan fingerprint density at radius 2 is 1.97 bits per heavy atom. The monoisotopic (exact) mass is 400 g/mol. The summed E-state index contributed by atoms with van der Waals surface area (Å²) in [5.41, 5.74) is 4.20. The normalized spacial score (nSPS) is 20.6. The van der Waals surface area contributed by atoms with E-state index in [9.17, 15) is 4.79 Å². The van der Waals surface area contributed by atoms with E-state index in [2.05, 4.69) is 40.2 Å². The average Bonchev–Trinajstić information content (AvgIpc) is 3.44. The van der Waals surface area contributed by atoms with Gasteiger partial charge in [0.2, 0.25) is 0 Å². The molecule has 3 aliphatic rings. The van der Waals surface area contributed by atoms with Crippen molar-refractivity contribution >= 4 is 22.4 Å². The predicted octanol–water partition coefficient (Wildman–Crippen LogP) is 4.63. The van der Waals surface area contributed by atoms with Crippen molar-refractivity contribution in [3.63, 3.8) is 0 Å². The number of carbonyl (C=O) groups excluding carboxylic acids is 1. The molecule has 30 heavy (non-hydrogen) atoms. The molecule has 1 unspecified atom stereocenters. The highest BCUT2D eigenvalue weighted by molar-refractivity contribution is 6.24. The van der Waals surface area contributed by atoms with Crippen LogP contribution in [0.25, 0.3) is 10.8 Å². The Hall–Kier alpha value is -2.66. The lowest BCUT2D eigenvalue weighted by atomic mass is 9.97. The third-order valence-electron chi connectivity index (χ3n) is 7.43. The van der Waals surface area contributed by atoms with Crippen LogP contribution in [0.4, 0.5) is 5.69 Å². The highest BCUT2D eigenvalue weighted by Gasteiger charge is 2.34. The van der Waals surface area contributed by atoms with Crippen molar-refractivity contribution in [2.45, 2.75) is 51.1 Å². The smallest absolute Gasteiger partial charge is 0.256 e. The maximum atomic E-state index is 12.2. The predicted molar refractivity (Wildman–Crippen MR) is 119 cm³/mol. The fourth-order valence-corrected chi connectivity index (χ4v) is 5.43. The number of aromatic nitrogens is 2. The number of nitrogens with zero attached hydrogens (tertiary/aromatic N) is 3. The van der Waals surface area contributed by atoms with Gasteiger partial charge in [-0.1, -0.05) is 18.2 Å². The molecule has 1 saturated heterocycles. The minimum absolute atomic E-state index is 0.00270. The molecule has 2 aromatic carbocycles. The van der Waals surface area contributed by atoms with E-state index < -0.39 is 0 Å². The first-order valence-corrected chi connectivity index (χ1v) is 11.3. The molecule has 1 N–H and O–H groups in total. The molecule has 6 rings (SSSR count). The minimum atomic E-state index is 0.00270. The van der Waals surface area contributed by atoms with Gasteiger partial charge in [-0.05, 0) is 67.2 Å². The largest absolute Gasteiger partial charge is 0.321 e. The van der Waals surface area contributed by atoms with Crippen LogP contribution in [0.3, 0.4) is 0 Å². The number of rotatable bonds is 5. The molecule has 1 saturated carbocycles. The molecule has 2 aliphatic heterocycles. The maximum Gasteiger partial charge on any atom is 0.256 e. The lowest BCUT2D eigenvalue weighted by Crippen LogP contribution is -2.41. The highest BCUT2D eigenvalue weighted by atomic mass is 16.1. The van der Waals surface area contributed by atoms with E-state index in [1.165, 1.54) is 55.3 Å². The molecule has 1 aromatic heterocycles. The van der Waals surface area contributed by atoms with Crippen molar-refractivity contribution in [1.82, 2.24) is 14.7 Å². The molecule has 5 heteroatoms. The first kappa shape index (κ1) is 18.1. The molecule has 2 fully saturated rings. The van der Waals surface area contributed by atoms with E-state index in [1.807, 2.05) is 24.4 Å². The van der Waals surface area contributed by atoms with Crippen LogP contribution in [0.1, 0.15) is 60.1 Å². The number of nitrogens with one attached hydrogen (secondary N) is 1. The van der Waals surface area contributed by atoms with Gasteiger partial charge in [0.05, 0.1) is 12.2 Å². The number of anilines is 1. The van der Waals surface area contributed by atoms with Crippen molar-refractivity contribution in [3.05, 3.63) is 59.4 Å². The Labute approximate surface area is 177 Å². The second-order valence-electron chi connectivity index (χ2n) is 9.31. The Balaban J connectivity index is 1.19. The SMILES string of the molecule is CC(C1CC1)N1CCC(n2cc(Cc3ccc4c5c(cccc35)C(=O)N4)cn2)CC1. The molecule has 0 spiro atoms. The van der Waals surface area contributed by atoms with Gasteiger partial charge in [0.15, 0.2) is 0 Å². The number of carbonyl (C=O) groups is 1. The molecule has 1 aliphatic carbocycles. The van der Waals surface area contributed by atoms with E-state index in [-0.39, 0.29) is 5.91 Å². The summed E-state index contributed by atoms with van der Waals surface area (Å²) in [6.07, 6.45) is 10.3. The van der Waals surface area contributed by atoms with Crippen LogP contribution in [-0.2, 0) is 6.42 Å². The van der Waals surface area contributed by atoms with E-state index in [0.29, 0.717) is 6.04 Å². The van der Waals surface area contributed by atoms with Crippen LogP contribution in [0.2, 0.25) is 0 Å². The van der Waals surface area contributed by atoms with Crippen LogP contribution in [0.5, 0.6) is 0 Å². The summed E-state index contributed by atoms with van der Waals surface area (Å²) in [5.74, 6) is 0.948. The molecule has 3 heterocycles. The van der Waals surface area contributed by atoms with E-state index >= 15 is 0 Å². The number of piperidine rings is 1. The van der Waals surface area contributed by atoms with Gasteiger partial charge in [-0.25, -0.2) is 0 Å². The standard InChI is InChI=1S/C25H28N4O/c1-16(18-5-6-18)28-11-9-20(10-12-28)29-15-17(14-26-29)13-19-7-8-23-24-21(19)3-2-4-22(24)25(30)27-23/h2-4,7-8,14-16,18,20H,5-6,9-13H2,1H3,(H,27,30). The molecular weight excluding hydrogens is 372 g/mol. The minimum Gasteiger partial charge on any atom is -0.321 e. The van der Waals surface area contributed by atoms with Gasteiger partial charge in [0.25, 0.3) is 5.91 Å². The fourth-order valence-electron chi connectivity index (χ4n) is 5.43. The van der Waals surface area contributed by atoms with Gasteiger partial charge in [-0.2, -0.15) is 5.10 Å². The maximum absolute atomic E-state index is 12.2. The van der Waals surface area contributed by atoms with E-state index in [1.54, 1.807) is 0 Å². The molecule has 154 valence electrons. The number of hydrogen-bond acceptors (Lipinski definition) is 3. The molecule has 0 radical (unpaired) electrons.